The van der Waals surface area contributed by atoms with Gasteiger partial charge in [0.15, 0.2) is 0 Å². The summed E-state index contributed by atoms with van der Waals surface area (Å²) in [6, 6.07) is 8.33. The third-order valence-electron chi connectivity index (χ3n) is 9.09. The van der Waals surface area contributed by atoms with Gasteiger partial charge in [-0.25, -0.2) is 0 Å². The van der Waals surface area contributed by atoms with E-state index in [1.165, 1.54) is 19.2 Å². The molecule has 2 heterocycles. The second-order valence-corrected chi connectivity index (χ2v) is 12.7. The molecule has 1 fully saturated rings. The molecule has 46 heavy (non-hydrogen) atoms. The lowest BCUT2D eigenvalue weighted by Crippen LogP contribution is -2.61. The Labute approximate surface area is 264 Å². The lowest BCUT2D eigenvalue weighted by atomic mass is 9.75. The normalized spacial score (nSPS) is 24.1. The topological polar surface area (TPSA) is 148 Å². The Morgan fingerprint density at radius 3 is 2.54 bits per heavy atom. The van der Waals surface area contributed by atoms with Gasteiger partial charge in [0.25, 0.3) is 5.91 Å². The molecule has 1 aliphatic carbocycles. The van der Waals surface area contributed by atoms with Gasteiger partial charge < -0.3 is 30.9 Å². The summed E-state index contributed by atoms with van der Waals surface area (Å²) in [6.07, 6.45) is -0.595. The molecule has 13 heteroatoms. The van der Waals surface area contributed by atoms with E-state index < -0.39 is 40.9 Å². The number of amides is 1. The summed E-state index contributed by atoms with van der Waals surface area (Å²) in [5.41, 5.74) is 2.85. The number of nitrogen functional groups attached to an aromatic ring is 1. The first-order valence-corrected chi connectivity index (χ1v) is 14.9. The van der Waals surface area contributed by atoms with E-state index in [1.54, 1.807) is 26.1 Å². The SMILES string of the molecule is COc1cc(C(=O)NC[C@](O)(C2=CC3=C(OC[C@]3(C)CN=O)C(C)(c3ccc(C)c(C)c3)N2)C(F)(F)F)cc(N)c1C=NC1CC1. The number of hydrogen-bond acceptors (Lipinski definition) is 9. The number of nitrogens with zero attached hydrogens (tertiary/aromatic N) is 2. The van der Waals surface area contributed by atoms with Crippen molar-refractivity contribution in [1.82, 2.24) is 10.6 Å². The fraction of sp³-hybridized carbons (Fsp3) is 0.455. The summed E-state index contributed by atoms with van der Waals surface area (Å²) in [7, 11) is 1.38. The van der Waals surface area contributed by atoms with Crippen LogP contribution in [0.25, 0.3) is 0 Å². The zero-order valence-electron chi connectivity index (χ0n) is 26.3. The number of allylic oxidation sites excluding steroid dienone is 1. The molecule has 2 aromatic rings. The molecule has 246 valence electrons. The lowest BCUT2D eigenvalue weighted by Gasteiger charge is -2.43. The van der Waals surface area contributed by atoms with Crippen LogP contribution in [-0.4, -0.2) is 61.9 Å². The minimum absolute atomic E-state index is 0.00109. The van der Waals surface area contributed by atoms with E-state index in [1.807, 2.05) is 26.0 Å². The smallest absolute Gasteiger partial charge is 0.424 e. The van der Waals surface area contributed by atoms with E-state index in [4.69, 9.17) is 15.2 Å². The predicted octanol–water partition coefficient (Wildman–Crippen LogP) is 4.96. The number of nitrogens with one attached hydrogen (secondary N) is 2. The summed E-state index contributed by atoms with van der Waals surface area (Å²) in [5, 5.41) is 19.7. The number of hydrogen-bond donors (Lipinski definition) is 4. The van der Waals surface area contributed by atoms with Crippen LogP contribution in [0.3, 0.4) is 0 Å². The molecule has 2 aliphatic heterocycles. The molecule has 0 aromatic heterocycles. The van der Waals surface area contributed by atoms with Crippen molar-refractivity contribution in [1.29, 1.82) is 0 Å². The first-order valence-electron chi connectivity index (χ1n) is 14.9. The Kier molecular flexibility index (Phi) is 8.43. The summed E-state index contributed by atoms with van der Waals surface area (Å²) in [4.78, 5) is 29.0. The van der Waals surface area contributed by atoms with Crippen LogP contribution in [0.4, 0.5) is 18.9 Å². The van der Waals surface area contributed by atoms with Crippen molar-refractivity contribution in [3.05, 3.63) is 86.2 Å². The van der Waals surface area contributed by atoms with E-state index in [0.29, 0.717) is 22.5 Å². The Bertz CT molecular complexity index is 1670. The molecule has 0 radical (unpaired) electrons. The van der Waals surface area contributed by atoms with Crippen LogP contribution in [0, 0.1) is 24.2 Å². The number of halogens is 3. The van der Waals surface area contributed by atoms with E-state index in [9.17, 15) is 28.0 Å². The number of carbonyl (C=O) groups is 1. The quantitative estimate of drug-likeness (QED) is 0.163. The van der Waals surface area contributed by atoms with E-state index >= 15 is 0 Å². The molecule has 3 atom stereocenters. The highest BCUT2D eigenvalue weighted by Gasteiger charge is 2.60. The highest BCUT2D eigenvalue weighted by molar-refractivity contribution is 5.99. The van der Waals surface area contributed by atoms with E-state index in [-0.39, 0.29) is 36.2 Å². The predicted molar refractivity (Wildman–Crippen MR) is 168 cm³/mol. The van der Waals surface area contributed by atoms with Gasteiger partial charge in [0, 0.05) is 23.0 Å². The first-order chi connectivity index (χ1) is 21.6. The van der Waals surface area contributed by atoms with Crippen molar-refractivity contribution < 1.29 is 32.5 Å². The number of rotatable bonds is 10. The fourth-order valence-corrected chi connectivity index (χ4v) is 5.72. The first kappa shape index (κ1) is 33.0. The zero-order chi connectivity index (χ0) is 33.7. The van der Waals surface area contributed by atoms with Crippen molar-refractivity contribution in [2.75, 3.05) is 32.5 Å². The number of ether oxygens (including phenoxy) is 2. The molecule has 2 aromatic carbocycles. The Morgan fingerprint density at radius 2 is 1.93 bits per heavy atom. The van der Waals surface area contributed by atoms with Crippen molar-refractivity contribution in [3.8, 4) is 5.75 Å². The second-order valence-electron chi connectivity index (χ2n) is 12.7. The Balaban J connectivity index is 1.52. The number of benzene rings is 2. The number of nitroso groups, excluding NO2 is 1. The molecule has 0 bridgehead atoms. The number of anilines is 1. The van der Waals surface area contributed by atoms with Gasteiger partial charge in [-0.15, -0.1) is 0 Å². The van der Waals surface area contributed by atoms with Crippen LogP contribution in [0.1, 0.15) is 59.3 Å². The van der Waals surface area contributed by atoms with E-state index in [0.717, 1.165) is 30.0 Å². The van der Waals surface area contributed by atoms with Crippen molar-refractivity contribution in [2.24, 2.45) is 15.6 Å². The number of dihydropyridines is 1. The average Bonchev–Trinajstić information content (AvgIpc) is 3.77. The van der Waals surface area contributed by atoms with Crippen LogP contribution in [0.2, 0.25) is 0 Å². The van der Waals surface area contributed by atoms with Crippen molar-refractivity contribution in [2.45, 2.75) is 63.9 Å². The van der Waals surface area contributed by atoms with Crippen LogP contribution in [-0.2, 0) is 10.3 Å². The molecule has 5 N–H and O–H groups in total. The third-order valence-corrected chi connectivity index (χ3v) is 9.09. The summed E-state index contributed by atoms with van der Waals surface area (Å²) in [6.45, 7) is 5.61. The molecular formula is C33H38F3N5O5. The molecule has 0 saturated heterocycles. The summed E-state index contributed by atoms with van der Waals surface area (Å²) < 4.78 is 56.2. The number of aliphatic hydroxyl groups is 1. The molecular weight excluding hydrogens is 603 g/mol. The van der Waals surface area contributed by atoms with Crippen LogP contribution < -0.4 is 21.1 Å². The summed E-state index contributed by atoms with van der Waals surface area (Å²) in [5.74, 6) is -0.358. The zero-order valence-corrected chi connectivity index (χ0v) is 26.3. The van der Waals surface area contributed by atoms with Gasteiger partial charge in [0.1, 0.15) is 17.0 Å². The number of aliphatic imine (C=N–C) groups is 1. The average molecular weight is 642 g/mol. The van der Waals surface area contributed by atoms with Crippen molar-refractivity contribution in [3.63, 3.8) is 0 Å². The standard InChI is InChI=1S/C33H38F3N5O5/c1-18-6-7-21(10-19(18)2)31(4)28-24(30(3,15-40-44)17-46-28)13-27(41-31)32(43,33(34,35)36)16-39-29(42)20-11-25(37)23(26(12-20)45-5)14-38-22-8-9-22/h6-7,10-14,22,41,43H,8-9,15-17,37H2,1-5H3,(H,39,42)/t30-,31?,32-/m0/s1. The highest BCUT2D eigenvalue weighted by atomic mass is 19.4. The summed E-state index contributed by atoms with van der Waals surface area (Å²) >= 11 is 0. The van der Waals surface area contributed by atoms with Crippen LogP contribution >= 0.6 is 0 Å². The Hall–Kier alpha value is -4.39. The molecule has 1 saturated carbocycles. The molecule has 5 rings (SSSR count). The Morgan fingerprint density at radius 1 is 1.22 bits per heavy atom. The second kappa shape index (κ2) is 11.8. The number of methoxy groups -OCH3 is 1. The maximum Gasteiger partial charge on any atom is 0.424 e. The van der Waals surface area contributed by atoms with E-state index in [2.05, 4.69) is 20.8 Å². The van der Waals surface area contributed by atoms with Gasteiger partial charge in [0.2, 0.25) is 5.60 Å². The fourth-order valence-electron chi connectivity index (χ4n) is 5.72. The van der Waals surface area contributed by atoms with Gasteiger partial charge in [0.05, 0.1) is 49.5 Å². The van der Waals surface area contributed by atoms with Crippen LogP contribution in [0.5, 0.6) is 5.75 Å². The number of alkyl halides is 3. The number of carbonyl (C=O) groups excluding carboxylic acids is 1. The van der Waals surface area contributed by atoms with Gasteiger partial charge >= 0.3 is 6.18 Å². The van der Waals surface area contributed by atoms with Gasteiger partial charge in [-0.2, -0.15) is 18.1 Å². The molecule has 0 spiro atoms. The number of nitrogens with two attached hydrogens (primary N) is 1. The third kappa shape index (κ3) is 5.83. The monoisotopic (exact) mass is 641 g/mol. The molecule has 3 aliphatic rings. The molecule has 1 amide bonds. The van der Waals surface area contributed by atoms with Gasteiger partial charge in [-0.05, 0) is 68.5 Å². The number of aryl methyl sites for hydroxylation is 2. The lowest BCUT2D eigenvalue weighted by molar-refractivity contribution is -0.243. The molecule has 1 unspecified atom stereocenters. The maximum atomic E-state index is 14.9. The largest absolute Gasteiger partial charge is 0.496 e. The van der Waals surface area contributed by atoms with Crippen LogP contribution in [0.15, 0.2) is 63.6 Å². The molecule has 10 nitrogen and oxygen atoms in total. The minimum atomic E-state index is -5.25. The minimum Gasteiger partial charge on any atom is -0.496 e. The van der Waals surface area contributed by atoms with Gasteiger partial charge in [-0.3, -0.25) is 9.79 Å². The van der Waals surface area contributed by atoms with Gasteiger partial charge in [-0.1, -0.05) is 30.3 Å². The maximum absolute atomic E-state index is 14.9. The highest BCUT2D eigenvalue weighted by Crippen LogP contribution is 2.51. The van der Waals surface area contributed by atoms with Crippen molar-refractivity contribution >= 4 is 17.8 Å².